The summed E-state index contributed by atoms with van der Waals surface area (Å²) in [5.74, 6) is -1.30. The van der Waals surface area contributed by atoms with Crippen LogP contribution in [0, 0.1) is 22.7 Å². The first kappa shape index (κ1) is 29.8. The molecule has 0 saturated carbocycles. The molecule has 8 nitrogen and oxygen atoms in total. The van der Waals surface area contributed by atoms with Crippen molar-refractivity contribution in [3.8, 4) is 22.7 Å². The number of rotatable bonds is 7. The number of hydrogen-bond donors (Lipinski definition) is 2. The lowest BCUT2D eigenvalue weighted by atomic mass is 9.83. The van der Waals surface area contributed by atoms with Crippen molar-refractivity contribution in [2.45, 2.75) is 24.8 Å². The minimum Gasteiger partial charge on any atom is -0.463 e. The summed E-state index contributed by atoms with van der Waals surface area (Å²) in [6.45, 7) is 3.75. The molecule has 39 heavy (non-hydrogen) atoms. The zero-order chi connectivity index (χ0) is 28.4. The lowest BCUT2D eigenvalue weighted by Gasteiger charge is -2.28. The van der Waals surface area contributed by atoms with Gasteiger partial charge in [-0.3, -0.25) is 0 Å². The normalized spacial score (nSPS) is 14.5. The van der Waals surface area contributed by atoms with Gasteiger partial charge >= 0.3 is 5.97 Å². The van der Waals surface area contributed by atoms with Gasteiger partial charge in [0.1, 0.15) is 28.5 Å². The van der Waals surface area contributed by atoms with E-state index in [4.69, 9.17) is 31.9 Å². The van der Waals surface area contributed by atoms with Crippen molar-refractivity contribution in [2.75, 3.05) is 19.0 Å². The Kier molecular flexibility index (Phi) is 11.0. The quantitative estimate of drug-likeness (QED) is 0.264. The van der Waals surface area contributed by atoms with Crippen molar-refractivity contribution in [2.24, 2.45) is 5.73 Å². The largest absolute Gasteiger partial charge is 0.463 e. The summed E-state index contributed by atoms with van der Waals surface area (Å²) in [4.78, 5) is 18.8. The van der Waals surface area contributed by atoms with Crippen LogP contribution >= 0.6 is 34.7 Å². The van der Waals surface area contributed by atoms with E-state index >= 15 is 0 Å². The van der Waals surface area contributed by atoms with Crippen LogP contribution in [0.15, 0.2) is 81.7 Å². The van der Waals surface area contributed by atoms with E-state index in [0.717, 1.165) is 10.6 Å². The number of hydrogen-bond acceptors (Lipinski definition) is 10. The molecule has 0 aliphatic carbocycles. The average Bonchev–Trinajstić information content (AvgIpc) is 3.47. The summed E-state index contributed by atoms with van der Waals surface area (Å²) >= 11 is 9.23. The van der Waals surface area contributed by atoms with Crippen molar-refractivity contribution in [1.82, 2.24) is 4.98 Å². The molecule has 1 aromatic carbocycles. The number of aromatic nitrogens is 1. The molecular weight excluding hydrogens is 556 g/mol. The molecule has 0 amide bonds. The van der Waals surface area contributed by atoms with Crippen LogP contribution < -0.4 is 5.73 Å². The Labute approximate surface area is 240 Å². The second-order valence-electron chi connectivity index (χ2n) is 7.75. The molecule has 2 aromatic heterocycles. The van der Waals surface area contributed by atoms with Crippen LogP contribution in [0.3, 0.4) is 0 Å². The number of ether oxygens (including phenoxy) is 2. The topological polar surface area (TPSA) is 142 Å². The molecule has 0 radical (unpaired) electrons. The maximum Gasteiger partial charge on any atom is 0.338 e. The Morgan fingerprint density at radius 2 is 1.95 bits per heavy atom. The molecule has 3 N–H and O–H groups in total. The van der Waals surface area contributed by atoms with Gasteiger partial charge in [-0.05, 0) is 49.1 Å². The van der Waals surface area contributed by atoms with E-state index in [1.54, 1.807) is 61.6 Å². The van der Waals surface area contributed by atoms with Crippen molar-refractivity contribution >= 4 is 40.7 Å². The lowest BCUT2D eigenvalue weighted by molar-refractivity contribution is -0.139. The van der Waals surface area contributed by atoms with Gasteiger partial charge in [-0.1, -0.05) is 47.6 Å². The van der Waals surface area contributed by atoms with E-state index in [1.165, 1.54) is 11.8 Å². The fourth-order valence-corrected chi connectivity index (χ4v) is 5.56. The van der Waals surface area contributed by atoms with E-state index in [0.29, 0.717) is 21.2 Å². The Bertz CT molecular complexity index is 1470. The van der Waals surface area contributed by atoms with Crippen molar-refractivity contribution in [1.29, 1.82) is 10.5 Å². The first-order chi connectivity index (χ1) is 18.9. The number of allylic oxidation sites excluding steroid dienone is 1. The third-order valence-electron chi connectivity index (χ3n) is 5.30. The number of nitrogens with two attached hydrogens (primary N) is 1. The van der Waals surface area contributed by atoms with E-state index in [2.05, 4.69) is 17.1 Å². The van der Waals surface area contributed by atoms with Gasteiger partial charge in [0.2, 0.25) is 5.88 Å². The van der Waals surface area contributed by atoms with Crippen LogP contribution in [0.4, 0.5) is 0 Å². The van der Waals surface area contributed by atoms with Crippen molar-refractivity contribution in [3.05, 3.63) is 92.8 Å². The Hall–Kier alpha value is -3.80. The molecule has 1 unspecified atom stereocenters. The molecule has 0 fully saturated rings. The molecule has 200 valence electrons. The van der Waals surface area contributed by atoms with Crippen molar-refractivity contribution < 1.29 is 19.4 Å². The van der Waals surface area contributed by atoms with Crippen LogP contribution in [-0.2, 0) is 14.3 Å². The summed E-state index contributed by atoms with van der Waals surface area (Å²) in [5.41, 5.74) is 7.99. The van der Waals surface area contributed by atoms with Crippen molar-refractivity contribution in [3.63, 3.8) is 0 Å². The lowest BCUT2D eigenvalue weighted by Crippen LogP contribution is -2.27. The number of benzene rings is 1. The number of carbonyl (C=O) groups excluding carboxylic acids is 1. The number of esters is 1. The summed E-state index contributed by atoms with van der Waals surface area (Å²) < 4.78 is 11.1. The molecule has 0 saturated heterocycles. The van der Waals surface area contributed by atoms with Gasteiger partial charge in [0.05, 0.1) is 40.0 Å². The molecule has 1 aliphatic rings. The first-order valence-electron chi connectivity index (χ1n) is 11.8. The average molecular weight is 581 g/mol. The van der Waals surface area contributed by atoms with Crippen LogP contribution in [0.25, 0.3) is 10.6 Å². The minimum absolute atomic E-state index is 0.0652. The van der Waals surface area contributed by atoms with Gasteiger partial charge in [0, 0.05) is 11.6 Å². The fraction of sp³-hybridized carbons (Fsp3) is 0.214. The number of pyridine rings is 1. The highest BCUT2D eigenvalue weighted by atomic mass is 35.5. The number of thiophene rings is 1. The maximum atomic E-state index is 13.2. The first-order valence-corrected chi connectivity index (χ1v) is 14.0. The van der Waals surface area contributed by atoms with Crippen LogP contribution in [-0.4, -0.2) is 35.0 Å². The van der Waals surface area contributed by atoms with Crippen LogP contribution in [0.1, 0.15) is 30.9 Å². The minimum atomic E-state index is -0.868. The Balaban J connectivity index is 0.00000134. The van der Waals surface area contributed by atoms with E-state index in [1.807, 2.05) is 17.5 Å². The molecule has 11 heteroatoms. The van der Waals surface area contributed by atoms with E-state index < -0.39 is 11.9 Å². The Morgan fingerprint density at radius 1 is 1.21 bits per heavy atom. The standard InChI is InChI=1S/C26H19ClN4O3S2.C2H6O/c1-2-33-26(32)23-20(34-24(30)17(13-29)22(23)16-6-3-4-7-18(16)27)14-36-25-15(12-28)9-10-19(31-25)21-8-5-11-35-21;1-2-3/h3-11,22H,2,14,30H2,1H3;3H,2H2,1H3. The van der Waals surface area contributed by atoms with Gasteiger partial charge < -0.3 is 20.3 Å². The number of aliphatic hydroxyl groups excluding tert-OH is 1. The fourth-order valence-electron chi connectivity index (χ4n) is 3.71. The van der Waals surface area contributed by atoms with E-state index in [9.17, 15) is 15.3 Å². The SMILES string of the molecule is CCO.CCOC(=O)C1=C(CSc2nc(-c3cccs3)ccc2C#N)OC(N)=C(C#N)C1c1ccccc1Cl. The van der Waals surface area contributed by atoms with E-state index in [-0.39, 0.29) is 41.8 Å². The molecule has 3 heterocycles. The Morgan fingerprint density at radius 3 is 2.56 bits per heavy atom. The second-order valence-corrected chi connectivity index (χ2v) is 10.1. The smallest absolute Gasteiger partial charge is 0.338 e. The molecule has 4 rings (SSSR count). The number of nitrogens with zero attached hydrogens (tertiary/aromatic N) is 3. The maximum absolute atomic E-state index is 13.2. The van der Waals surface area contributed by atoms with Crippen LogP contribution in [0.5, 0.6) is 0 Å². The highest BCUT2D eigenvalue weighted by molar-refractivity contribution is 7.99. The molecule has 0 bridgehead atoms. The third kappa shape index (κ3) is 6.99. The number of halogens is 1. The second kappa shape index (κ2) is 14.4. The molecular formula is C28H25ClN4O4S2. The number of nitriles is 2. The van der Waals surface area contributed by atoms with Gasteiger partial charge in [-0.2, -0.15) is 10.5 Å². The van der Waals surface area contributed by atoms with Crippen LogP contribution in [0.2, 0.25) is 5.02 Å². The summed E-state index contributed by atoms with van der Waals surface area (Å²) in [5, 5.41) is 29.8. The molecule has 1 atom stereocenters. The summed E-state index contributed by atoms with van der Waals surface area (Å²) in [6.07, 6.45) is 0. The highest BCUT2D eigenvalue weighted by Crippen LogP contribution is 2.43. The van der Waals surface area contributed by atoms with Gasteiger partial charge in [0.25, 0.3) is 0 Å². The zero-order valence-corrected chi connectivity index (χ0v) is 23.6. The number of thioether (sulfide) groups is 1. The molecule has 1 aliphatic heterocycles. The molecule has 3 aromatic rings. The van der Waals surface area contributed by atoms with Gasteiger partial charge in [-0.15, -0.1) is 11.3 Å². The van der Waals surface area contributed by atoms with Gasteiger partial charge in [0.15, 0.2) is 0 Å². The summed E-state index contributed by atoms with van der Waals surface area (Å²) in [6, 6.07) is 18.5. The predicted molar refractivity (Wildman–Crippen MR) is 152 cm³/mol. The predicted octanol–water partition coefficient (Wildman–Crippen LogP) is 5.75. The van der Waals surface area contributed by atoms with Gasteiger partial charge in [-0.25, -0.2) is 9.78 Å². The number of aliphatic hydroxyl groups is 1. The third-order valence-corrected chi connectivity index (χ3v) is 7.53. The molecule has 0 spiro atoms. The summed E-state index contributed by atoms with van der Waals surface area (Å²) in [7, 11) is 0. The monoisotopic (exact) mass is 580 g/mol. The highest BCUT2D eigenvalue weighted by Gasteiger charge is 2.38. The zero-order valence-electron chi connectivity index (χ0n) is 21.2. The number of carbonyl (C=O) groups is 1.